The molecule has 0 amide bonds. The Morgan fingerprint density at radius 3 is 2.02 bits per heavy atom. The minimum Gasteiger partial charge on any atom is -0.456 e. The van der Waals surface area contributed by atoms with Gasteiger partial charge in [-0.1, -0.05) is 146 Å². The first kappa shape index (κ1) is 28.1. The summed E-state index contributed by atoms with van der Waals surface area (Å²) in [6.45, 7) is 2.31. The van der Waals surface area contributed by atoms with Crippen LogP contribution in [0.25, 0.3) is 72.2 Å². The lowest BCUT2D eigenvalue weighted by Gasteiger charge is -2.30. The van der Waals surface area contributed by atoms with Crippen LogP contribution in [0.2, 0.25) is 0 Å². The van der Waals surface area contributed by atoms with Gasteiger partial charge in [0.25, 0.3) is 0 Å². The third-order valence-corrected chi connectivity index (χ3v) is 9.56. The number of hydrogen-bond acceptors (Lipinski definition) is 4. The summed E-state index contributed by atoms with van der Waals surface area (Å²) >= 11 is 0. The highest BCUT2D eigenvalue weighted by Crippen LogP contribution is 2.43. The van der Waals surface area contributed by atoms with Gasteiger partial charge >= 0.3 is 0 Å². The van der Waals surface area contributed by atoms with Gasteiger partial charge in [-0.2, -0.15) is 0 Å². The van der Waals surface area contributed by atoms with Gasteiger partial charge < -0.3 is 4.42 Å². The van der Waals surface area contributed by atoms with Crippen molar-refractivity contribution in [3.8, 4) is 33.9 Å². The average Bonchev–Trinajstić information content (AvgIpc) is 3.54. The Hall–Kier alpha value is -6.13. The standard InChI is InChI=1S/C44H31N3O/c1-44(36-21-12-18-29-15-8-9-19-33(29)36)27-25-32(26-28-44)42-45-41(31-16-6-3-7-17-31)46-43(47-42)40-34(30-13-4-2-5-14-30)23-24-38-39(40)35-20-10-11-22-37(35)48-38/h2-27H,28H2,1H3. The average molecular weight is 618 g/mol. The number of aromatic nitrogens is 3. The molecule has 0 saturated carbocycles. The molecule has 9 rings (SSSR count). The zero-order valence-electron chi connectivity index (χ0n) is 26.5. The van der Waals surface area contributed by atoms with Gasteiger partial charge in [0.05, 0.1) is 0 Å². The second-order valence-electron chi connectivity index (χ2n) is 12.6. The van der Waals surface area contributed by atoms with E-state index in [0.717, 1.165) is 56.2 Å². The maximum absolute atomic E-state index is 6.37. The van der Waals surface area contributed by atoms with Crippen molar-refractivity contribution in [1.82, 2.24) is 15.0 Å². The van der Waals surface area contributed by atoms with Gasteiger partial charge in [-0.25, -0.2) is 15.0 Å². The van der Waals surface area contributed by atoms with Crippen molar-refractivity contribution in [3.63, 3.8) is 0 Å². The van der Waals surface area contributed by atoms with Gasteiger partial charge in [-0.15, -0.1) is 0 Å². The molecule has 0 saturated heterocycles. The molecule has 0 aliphatic heterocycles. The summed E-state index contributed by atoms with van der Waals surface area (Å²) in [6.07, 6.45) is 7.61. The third-order valence-electron chi connectivity index (χ3n) is 9.56. The lowest BCUT2D eigenvalue weighted by molar-refractivity contribution is 0.606. The Bertz CT molecular complexity index is 2540. The molecule has 6 aromatic carbocycles. The van der Waals surface area contributed by atoms with Crippen LogP contribution in [0.3, 0.4) is 0 Å². The van der Waals surface area contributed by atoms with Crippen LogP contribution in [0.5, 0.6) is 0 Å². The second kappa shape index (κ2) is 11.3. The van der Waals surface area contributed by atoms with Crippen LogP contribution in [0.15, 0.2) is 162 Å². The molecule has 2 heterocycles. The van der Waals surface area contributed by atoms with E-state index in [1.54, 1.807) is 0 Å². The predicted octanol–water partition coefficient (Wildman–Crippen LogP) is 11.2. The summed E-state index contributed by atoms with van der Waals surface area (Å²) in [4.78, 5) is 15.5. The largest absolute Gasteiger partial charge is 0.456 e. The maximum Gasteiger partial charge on any atom is 0.165 e. The number of nitrogens with zero attached hydrogens (tertiary/aromatic N) is 3. The zero-order valence-corrected chi connectivity index (χ0v) is 26.5. The number of fused-ring (bicyclic) bond motifs is 4. The van der Waals surface area contributed by atoms with Gasteiger partial charge in [-0.3, -0.25) is 0 Å². The molecule has 1 aliphatic rings. The molecule has 4 heteroatoms. The van der Waals surface area contributed by atoms with E-state index in [-0.39, 0.29) is 5.41 Å². The molecule has 4 nitrogen and oxygen atoms in total. The molecule has 0 N–H and O–H groups in total. The van der Waals surface area contributed by atoms with Crippen LogP contribution in [0.1, 0.15) is 24.7 Å². The number of hydrogen-bond donors (Lipinski definition) is 0. The maximum atomic E-state index is 6.37. The van der Waals surface area contributed by atoms with E-state index >= 15 is 0 Å². The molecule has 1 atom stereocenters. The Labute approximate surface area is 278 Å². The van der Waals surface area contributed by atoms with E-state index in [0.29, 0.717) is 17.5 Å². The van der Waals surface area contributed by atoms with E-state index < -0.39 is 0 Å². The Balaban J connectivity index is 1.25. The summed E-state index contributed by atoms with van der Waals surface area (Å²) < 4.78 is 6.37. The first-order valence-electron chi connectivity index (χ1n) is 16.3. The molecule has 0 bridgehead atoms. The molecular weight excluding hydrogens is 587 g/mol. The smallest absolute Gasteiger partial charge is 0.165 e. The predicted molar refractivity (Wildman–Crippen MR) is 196 cm³/mol. The molecule has 1 aliphatic carbocycles. The number of furan rings is 1. The molecule has 228 valence electrons. The minimum atomic E-state index is -0.162. The lowest BCUT2D eigenvalue weighted by Crippen LogP contribution is -2.21. The van der Waals surface area contributed by atoms with E-state index in [1.165, 1.54) is 16.3 Å². The Morgan fingerprint density at radius 2 is 1.23 bits per heavy atom. The monoisotopic (exact) mass is 617 g/mol. The highest BCUT2D eigenvalue weighted by Gasteiger charge is 2.28. The molecule has 48 heavy (non-hydrogen) atoms. The fourth-order valence-electron chi connectivity index (χ4n) is 7.06. The van der Waals surface area contributed by atoms with Crippen molar-refractivity contribution >= 4 is 38.3 Å². The van der Waals surface area contributed by atoms with Crippen LogP contribution in [-0.2, 0) is 5.41 Å². The number of rotatable bonds is 5. The molecule has 1 unspecified atom stereocenters. The van der Waals surface area contributed by atoms with Crippen LogP contribution < -0.4 is 0 Å². The summed E-state index contributed by atoms with van der Waals surface area (Å²) in [5.74, 6) is 1.90. The summed E-state index contributed by atoms with van der Waals surface area (Å²) in [7, 11) is 0. The normalized spacial score (nSPS) is 16.1. The topological polar surface area (TPSA) is 51.8 Å². The van der Waals surface area contributed by atoms with Gasteiger partial charge in [0.2, 0.25) is 0 Å². The van der Waals surface area contributed by atoms with Crippen LogP contribution in [-0.4, -0.2) is 15.0 Å². The van der Waals surface area contributed by atoms with Crippen LogP contribution >= 0.6 is 0 Å². The van der Waals surface area contributed by atoms with E-state index in [4.69, 9.17) is 19.4 Å². The highest BCUT2D eigenvalue weighted by atomic mass is 16.3. The van der Waals surface area contributed by atoms with Crippen LogP contribution in [0, 0.1) is 0 Å². The summed E-state index contributed by atoms with van der Waals surface area (Å²) in [5.41, 5.74) is 7.79. The van der Waals surface area contributed by atoms with Crippen molar-refractivity contribution in [3.05, 3.63) is 169 Å². The molecule has 0 radical (unpaired) electrons. The van der Waals surface area contributed by atoms with E-state index in [1.807, 2.05) is 36.4 Å². The van der Waals surface area contributed by atoms with Crippen molar-refractivity contribution in [2.75, 3.05) is 0 Å². The van der Waals surface area contributed by atoms with Gasteiger partial charge in [0.15, 0.2) is 17.5 Å². The van der Waals surface area contributed by atoms with Crippen molar-refractivity contribution in [2.45, 2.75) is 18.8 Å². The van der Waals surface area contributed by atoms with Crippen LogP contribution in [0.4, 0.5) is 0 Å². The van der Waals surface area contributed by atoms with Crippen molar-refractivity contribution < 1.29 is 4.42 Å². The van der Waals surface area contributed by atoms with Gasteiger partial charge in [0, 0.05) is 32.9 Å². The van der Waals surface area contributed by atoms with Gasteiger partial charge in [-0.05, 0) is 52.1 Å². The molecule has 2 aromatic heterocycles. The number of benzene rings is 6. The van der Waals surface area contributed by atoms with E-state index in [2.05, 4.69) is 128 Å². The Kier molecular flexibility index (Phi) is 6.61. The first-order chi connectivity index (χ1) is 23.6. The quantitative estimate of drug-likeness (QED) is 0.193. The zero-order chi connectivity index (χ0) is 32.1. The highest BCUT2D eigenvalue weighted by molar-refractivity contribution is 6.15. The van der Waals surface area contributed by atoms with Crippen molar-refractivity contribution in [2.24, 2.45) is 0 Å². The Morgan fingerprint density at radius 1 is 0.562 bits per heavy atom. The first-order valence-corrected chi connectivity index (χ1v) is 16.3. The number of para-hydroxylation sites is 1. The molecular formula is C44H31N3O. The van der Waals surface area contributed by atoms with Gasteiger partial charge in [0.1, 0.15) is 11.2 Å². The molecule has 8 aromatic rings. The third kappa shape index (κ3) is 4.73. The fraction of sp³-hybridized carbons (Fsp3) is 0.0682. The second-order valence-corrected chi connectivity index (χ2v) is 12.6. The fourth-order valence-corrected chi connectivity index (χ4v) is 7.06. The lowest BCUT2D eigenvalue weighted by atomic mass is 9.74. The summed E-state index contributed by atoms with van der Waals surface area (Å²) in [5, 5.41) is 4.57. The SMILES string of the molecule is CC1(c2cccc3ccccc23)C=CC(c2nc(-c3ccccc3)nc(-c3c(-c4ccccc4)ccc4oc5ccccc5c34)n2)=CC1. The molecule has 0 spiro atoms. The minimum absolute atomic E-state index is 0.162. The van der Waals surface area contributed by atoms with E-state index in [9.17, 15) is 0 Å². The van der Waals surface area contributed by atoms with Crippen molar-refractivity contribution in [1.29, 1.82) is 0 Å². The number of allylic oxidation sites excluding steroid dienone is 4. The molecule has 0 fully saturated rings. The summed E-state index contributed by atoms with van der Waals surface area (Å²) in [6, 6.07) is 48.2.